The number of rotatable bonds is 8. The number of nitrogens with zero attached hydrogens (tertiary/aromatic N) is 2. The van der Waals surface area contributed by atoms with Crippen molar-refractivity contribution in [3.63, 3.8) is 0 Å². The second-order valence-electron chi connectivity index (χ2n) is 6.34. The third-order valence-electron chi connectivity index (χ3n) is 4.45. The zero-order valence-corrected chi connectivity index (χ0v) is 16.0. The molecule has 0 fully saturated rings. The molecule has 3 N–H and O–H groups in total. The lowest BCUT2D eigenvalue weighted by Crippen LogP contribution is -2.37. The number of aliphatic imine (C=N–C) groups is 1. The average Bonchev–Trinajstić information content (AvgIpc) is 2.67. The third kappa shape index (κ3) is 5.28. The van der Waals surface area contributed by atoms with Crippen LogP contribution in [0.2, 0.25) is 0 Å². The predicted molar refractivity (Wildman–Crippen MR) is 103 cm³/mol. The lowest BCUT2D eigenvalue weighted by atomic mass is 9.98. The Morgan fingerprint density at radius 3 is 2.62 bits per heavy atom. The number of hydrogen-bond donors (Lipinski definition) is 2. The number of amides is 1. The number of nitrogens with two attached hydrogens (primary N) is 1. The van der Waals surface area contributed by atoms with Crippen LogP contribution in [0.4, 0.5) is 0 Å². The van der Waals surface area contributed by atoms with E-state index < -0.39 is 0 Å². The largest absolute Gasteiger partial charge is 0.493 e. The van der Waals surface area contributed by atoms with Gasteiger partial charge in [0.15, 0.2) is 17.5 Å². The number of nitrogens with one attached hydrogen (secondary N) is 1. The van der Waals surface area contributed by atoms with Crippen LogP contribution in [0.15, 0.2) is 17.1 Å². The highest BCUT2D eigenvalue weighted by Gasteiger charge is 2.22. The van der Waals surface area contributed by atoms with Crippen molar-refractivity contribution in [3.8, 4) is 11.5 Å². The molecule has 7 nitrogen and oxygen atoms in total. The second kappa shape index (κ2) is 9.89. The molecule has 26 heavy (non-hydrogen) atoms. The topological polar surface area (TPSA) is 89.2 Å². The second-order valence-corrected chi connectivity index (χ2v) is 6.34. The van der Waals surface area contributed by atoms with Gasteiger partial charge in [-0.25, -0.2) is 0 Å². The maximum absolute atomic E-state index is 12.5. The quantitative estimate of drug-likeness (QED) is 0.417. The average molecular weight is 362 g/mol. The molecule has 0 aliphatic carbocycles. The molecule has 0 unspecified atom stereocenters. The SMILES string of the molecule is CCCN=C(N)NCCCC(=O)N1CCc2cc(OC)c(OC)cc2C1. The van der Waals surface area contributed by atoms with Gasteiger partial charge >= 0.3 is 0 Å². The first-order valence-corrected chi connectivity index (χ1v) is 9.14. The number of carbonyl (C=O) groups excluding carboxylic acids is 1. The Morgan fingerprint density at radius 1 is 1.27 bits per heavy atom. The Morgan fingerprint density at radius 2 is 1.96 bits per heavy atom. The summed E-state index contributed by atoms with van der Waals surface area (Å²) >= 11 is 0. The summed E-state index contributed by atoms with van der Waals surface area (Å²) in [6, 6.07) is 3.98. The molecule has 7 heteroatoms. The van der Waals surface area contributed by atoms with E-state index in [9.17, 15) is 4.79 Å². The maximum atomic E-state index is 12.5. The van der Waals surface area contributed by atoms with Crippen LogP contribution in [0.3, 0.4) is 0 Å². The number of hydrogen-bond acceptors (Lipinski definition) is 4. The Hall–Kier alpha value is -2.44. The van der Waals surface area contributed by atoms with Crippen LogP contribution in [0.25, 0.3) is 0 Å². The van der Waals surface area contributed by atoms with Gasteiger partial charge in [-0.15, -0.1) is 0 Å². The van der Waals surface area contributed by atoms with Crippen LogP contribution < -0.4 is 20.5 Å². The first-order valence-electron chi connectivity index (χ1n) is 9.14. The van der Waals surface area contributed by atoms with Crippen molar-refractivity contribution in [3.05, 3.63) is 23.3 Å². The minimum Gasteiger partial charge on any atom is -0.493 e. The van der Waals surface area contributed by atoms with Crippen molar-refractivity contribution in [1.82, 2.24) is 10.2 Å². The number of benzene rings is 1. The Labute approximate surface area is 155 Å². The highest BCUT2D eigenvalue weighted by molar-refractivity contribution is 5.78. The Bertz CT molecular complexity index is 646. The van der Waals surface area contributed by atoms with Gasteiger partial charge in [-0.05, 0) is 42.5 Å². The molecule has 0 atom stereocenters. The van der Waals surface area contributed by atoms with E-state index >= 15 is 0 Å². The van der Waals surface area contributed by atoms with Crippen LogP contribution in [-0.2, 0) is 17.8 Å². The summed E-state index contributed by atoms with van der Waals surface area (Å²) in [6.07, 6.45) is 3.03. The van der Waals surface area contributed by atoms with Gasteiger partial charge in [0, 0.05) is 32.6 Å². The van der Waals surface area contributed by atoms with Crippen molar-refractivity contribution >= 4 is 11.9 Å². The molecular formula is C19H30N4O3. The number of ether oxygens (including phenoxy) is 2. The van der Waals surface area contributed by atoms with Crippen LogP contribution in [0.5, 0.6) is 11.5 Å². The first kappa shape index (κ1) is 19.9. The van der Waals surface area contributed by atoms with Crippen LogP contribution in [0, 0.1) is 0 Å². The van der Waals surface area contributed by atoms with Gasteiger partial charge in [-0.3, -0.25) is 9.79 Å². The summed E-state index contributed by atoms with van der Waals surface area (Å²) in [6.45, 7) is 4.77. The third-order valence-corrected chi connectivity index (χ3v) is 4.45. The van der Waals surface area contributed by atoms with Gasteiger partial charge in [-0.2, -0.15) is 0 Å². The number of methoxy groups -OCH3 is 2. The highest BCUT2D eigenvalue weighted by Crippen LogP contribution is 2.33. The number of carbonyl (C=O) groups is 1. The standard InChI is InChI=1S/C19H30N4O3/c1-4-8-21-19(20)22-9-5-6-18(24)23-10-7-14-11-16(25-2)17(26-3)12-15(14)13-23/h11-12H,4-10,13H2,1-3H3,(H3,20,21,22). The molecular weight excluding hydrogens is 332 g/mol. The molecule has 0 bridgehead atoms. The molecule has 0 radical (unpaired) electrons. The van der Waals surface area contributed by atoms with E-state index in [0.717, 1.165) is 43.7 Å². The predicted octanol–water partition coefficient (Wildman–Crippen LogP) is 1.68. The van der Waals surface area contributed by atoms with E-state index in [0.29, 0.717) is 31.2 Å². The monoisotopic (exact) mass is 362 g/mol. The van der Waals surface area contributed by atoms with E-state index in [2.05, 4.69) is 17.2 Å². The Balaban J connectivity index is 1.85. The molecule has 0 saturated heterocycles. The van der Waals surface area contributed by atoms with Crippen LogP contribution >= 0.6 is 0 Å². The van der Waals surface area contributed by atoms with Crippen LogP contribution in [0.1, 0.15) is 37.3 Å². The van der Waals surface area contributed by atoms with E-state index in [4.69, 9.17) is 15.2 Å². The lowest BCUT2D eigenvalue weighted by molar-refractivity contribution is -0.132. The summed E-state index contributed by atoms with van der Waals surface area (Å²) in [5, 5.41) is 3.05. The van der Waals surface area contributed by atoms with Crippen LogP contribution in [-0.4, -0.2) is 50.6 Å². The fourth-order valence-corrected chi connectivity index (χ4v) is 3.00. The van der Waals surface area contributed by atoms with Gasteiger partial charge in [0.25, 0.3) is 0 Å². The van der Waals surface area contributed by atoms with Crippen molar-refractivity contribution in [1.29, 1.82) is 0 Å². The molecule has 1 aromatic rings. The van der Waals surface area contributed by atoms with Gasteiger partial charge in [0.05, 0.1) is 14.2 Å². The summed E-state index contributed by atoms with van der Waals surface area (Å²) in [5.41, 5.74) is 8.08. The van der Waals surface area contributed by atoms with E-state index in [1.54, 1.807) is 14.2 Å². The molecule has 2 rings (SSSR count). The van der Waals surface area contributed by atoms with E-state index in [-0.39, 0.29) is 5.91 Å². The number of fused-ring (bicyclic) bond motifs is 1. The van der Waals surface area contributed by atoms with Crippen molar-refractivity contribution < 1.29 is 14.3 Å². The molecule has 1 aromatic carbocycles. The molecule has 1 amide bonds. The smallest absolute Gasteiger partial charge is 0.222 e. The molecule has 1 aliphatic heterocycles. The Kier molecular flexibility index (Phi) is 7.56. The molecule has 144 valence electrons. The molecule has 1 heterocycles. The van der Waals surface area contributed by atoms with Gasteiger partial charge in [0.2, 0.25) is 5.91 Å². The van der Waals surface area contributed by atoms with Gasteiger partial charge < -0.3 is 25.4 Å². The summed E-state index contributed by atoms with van der Waals surface area (Å²) < 4.78 is 10.7. The number of guanidine groups is 1. The fraction of sp³-hybridized carbons (Fsp3) is 0.579. The molecule has 0 aromatic heterocycles. The fourth-order valence-electron chi connectivity index (χ4n) is 3.00. The van der Waals surface area contributed by atoms with Gasteiger partial charge in [-0.1, -0.05) is 6.92 Å². The van der Waals surface area contributed by atoms with E-state index in [1.807, 2.05) is 17.0 Å². The van der Waals surface area contributed by atoms with Gasteiger partial charge in [0.1, 0.15) is 0 Å². The maximum Gasteiger partial charge on any atom is 0.222 e. The van der Waals surface area contributed by atoms with E-state index in [1.165, 1.54) is 5.56 Å². The highest BCUT2D eigenvalue weighted by atomic mass is 16.5. The summed E-state index contributed by atoms with van der Waals surface area (Å²) in [4.78, 5) is 18.6. The molecule has 0 spiro atoms. The normalized spacial score (nSPS) is 14.0. The molecule has 1 aliphatic rings. The minimum absolute atomic E-state index is 0.163. The van der Waals surface area contributed by atoms with Crippen molar-refractivity contribution in [2.75, 3.05) is 33.9 Å². The summed E-state index contributed by atoms with van der Waals surface area (Å²) in [5.74, 6) is 2.05. The van der Waals surface area contributed by atoms with Crippen molar-refractivity contribution in [2.45, 2.75) is 39.2 Å². The summed E-state index contributed by atoms with van der Waals surface area (Å²) in [7, 11) is 3.26. The first-order chi connectivity index (χ1) is 12.6. The zero-order valence-electron chi connectivity index (χ0n) is 16.0. The minimum atomic E-state index is 0.163. The van der Waals surface area contributed by atoms with Crippen molar-refractivity contribution in [2.24, 2.45) is 10.7 Å². The molecule has 0 saturated carbocycles. The lowest BCUT2D eigenvalue weighted by Gasteiger charge is -2.29. The zero-order chi connectivity index (χ0) is 18.9.